The Morgan fingerprint density at radius 2 is 1.80 bits per heavy atom. The quantitative estimate of drug-likeness (QED) is 0.752. The number of pyridine rings is 2. The molecule has 0 bridgehead atoms. The van der Waals surface area contributed by atoms with Gasteiger partial charge in [-0.1, -0.05) is 24.3 Å². The van der Waals surface area contributed by atoms with Crippen molar-refractivity contribution in [3.8, 4) is 0 Å². The molecule has 2 aromatic heterocycles. The van der Waals surface area contributed by atoms with Crippen LogP contribution in [0.2, 0.25) is 0 Å². The zero-order valence-corrected chi connectivity index (χ0v) is 14.4. The maximum atomic E-state index is 12.1. The Bertz CT molecular complexity index is 873. The summed E-state index contributed by atoms with van der Waals surface area (Å²) >= 11 is 0. The second-order valence-electron chi connectivity index (χ2n) is 5.91. The smallest absolute Gasteiger partial charge is 0.315 e. The van der Waals surface area contributed by atoms with Crippen LogP contribution in [0, 0.1) is 0 Å². The van der Waals surface area contributed by atoms with Gasteiger partial charge in [0.15, 0.2) is 0 Å². The number of carbonyl (C=O) groups excluding carboxylic acids is 1. The molecular formula is C19H21N5O. The van der Waals surface area contributed by atoms with Crippen molar-refractivity contribution in [2.75, 3.05) is 19.0 Å². The molecule has 0 aliphatic heterocycles. The third kappa shape index (κ3) is 4.23. The standard InChI is InChI=1S/C19H21N5O/c1-24(2)18-9-5-6-15(23-18)13-22-19(25)21-12-14-10-11-20-17-8-4-3-7-16(14)17/h3-11H,12-13H2,1-2H3,(H2,21,22,25). The Hall–Kier alpha value is -3.15. The molecule has 0 fully saturated rings. The Balaban J connectivity index is 1.57. The second-order valence-corrected chi connectivity index (χ2v) is 5.91. The number of carbonyl (C=O) groups is 1. The van der Waals surface area contributed by atoms with Crippen LogP contribution in [0.4, 0.5) is 10.6 Å². The summed E-state index contributed by atoms with van der Waals surface area (Å²) in [5.41, 5.74) is 2.77. The summed E-state index contributed by atoms with van der Waals surface area (Å²) in [6.07, 6.45) is 1.76. The van der Waals surface area contributed by atoms with Gasteiger partial charge in [0.05, 0.1) is 17.8 Å². The van der Waals surface area contributed by atoms with Crippen molar-refractivity contribution in [2.45, 2.75) is 13.1 Å². The van der Waals surface area contributed by atoms with E-state index in [9.17, 15) is 4.79 Å². The fourth-order valence-corrected chi connectivity index (χ4v) is 2.53. The Morgan fingerprint density at radius 3 is 2.64 bits per heavy atom. The van der Waals surface area contributed by atoms with E-state index >= 15 is 0 Å². The van der Waals surface area contributed by atoms with Gasteiger partial charge in [-0.05, 0) is 29.8 Å². The number of benzene rings is 1. The molecule has 0 spiro atoms. The van der Waals surface area contributed by atoms with Gasteiger partial charge >= 0.3 is 6.03 Å². The van der Waals surface area contributed by atoms with Crippen molar-refractivity contribution in [1.82, 2.24) is 20.6 Å². The number of hydrogen-bond donors (Lipinski definition) is 2. The number of anilines is 1. The van der Waals surface area contributed by atoms with Gasteiger partial charge in [-0.15, -0.1) is 0 Å². The van der Waals surface area contributed by atoms with Crippen LogP contribution in [0.3, 0.4) is 0 Å². The normalized spacial score (nSPS) is 10.5. The molecule has 0 saturated heterocycles. The molecule has 25 heavy (non-hydrogen) atoms. The molecule has 0 aliphatic carbocycles. The number of amides is 2. The Labute approximate surface area is 146 Å². The lowest BCUT2D eigenvalue weighted by molar-refractivity contribution is 0.240. The first-order valence-corrected chi connectivity index (χ1v) is 8.11. The average molecular weight is 335 g/mol. The monoisotopic (exact) mass is 335 g/mol. The zero-order chi connectivity index (χ0) is 17.6. The van der Waals surface area contributed by atoms with Crippen molar-refractivity contribution < 1.29 is 4.79 Å². The highest BCUT2D eigenvalue weighted by Gasteiger charge is 2.05. The molecule has 1 aromatic carbocycles. The topological polar surface area (TPSA) is 70.2 Å². The molecule has 128 valence electrons. The van der Waals surface area contributed by atoms with Gasteiger partial charge in [0.2, 0.25) is 0 Å². The second kappa shape index (κ2) is 7.61. The molecule has 2 N–H and O–H groups in total. The number of para-hydroxylation sites is 1. The molecule has 6 nitrogen and oxygen atoms in total. The minimum atomic E-state index is -0.224. The fraction of sp³-hybridized carbons (Fsp3) is 0.211. The molecule has 0 saturated carbocycles. The summed E-state index contributed by atoms with van der Waals surface area (Å²) in [6, 6.07) is 15.3. The molecule has 0 radical (unpaired) electrons. The van der Waals surface area contributed by atoms with E-state index in [1.54, 1.807) is 6.20 Å². The maximum Gasteiger partial charge on any atom is 0.315 e. The van der Waals surface area contributed by atoms with E-state index in [2.05, 4.69) is 20.6 Å². The molecule has 0 atom stereocenters. The van der Waals surface area contributed by atoms with Gasteiger partial charge in [0.1, 0.15) is 5.82 Å². The lowest BCUT2D eigenvalue weighted by Gasteiger charge is -2.13. The predicted octanol–water partition coefficient (Wildman–Crippen LogP) is 2.70. The van der Waals surface area contributed by atoms with Crippen molar-refractivity contribution in [1.29, 1.82) is 0 Å². The SMILES string of the molecule is CN(C)c1cccc(CNC(=O)NCc2ccnc3ccccc23)n1. The van der Waals surface area contributed by atoms with Gasteiger partial charge in [0.25, 0.3) is 0 Å². The maximum absolute atomic E-state index is 12.1. The molecule has 6 heteroatoms. The Morgan fingerprint density at radius 1 is 1.00 bits per heavy atom. The van der Waals surface area contributed by atoms with Gasteiger partial charge in [0, 0.05) is 32.2 Å². The lowest BCUT2D eigenvalue weighted by Crippen LogP contribution is -2.34. The molecule has 3 rings (SSSR count). The van der Waals surface area contributed by atoms with E-state index in [0.717, 1.165) is 28.0 Å². The van der Waals surface area contributed by atoms with Crippen molar-refractivity contribution >= 4 is 22.8 Å². The number of nitrogens with one attached hydrogen (secondary N) is 2. The number of fused-ring (bicyclic) bond motifs is 1. The fourth-order valence-electron chi connectivity index (χ4n) is 2.53. The zero-order valence-electron chi connectivity index (χ0n) is 14.4. The number of hydrogen-bond acceptors (Lipinski definition) is 4. The highest BCUT2D eigenvalue weighted by Crippen LogP contribution is 2.15. The average Bonchev–Trinajstić information content (AvgIpc) is 2.65. The molecule has 2 amide bonds. The van der Waals surface area contributed by atoms with E-state index in [1.165, 1.54) is 0 Å². The van der Waals surface area contributed by atoms with Crippen LogP contribution in [0.5, 0.6) is 0 Å². The summed E-state index contributed by atoms with van der Waals surface area (Å²) in [7, 11) is 3.87. The van der Waals surface area contributed by atoms with Crippen LogP contribution in [0.1, 0.15) is 11.3 Å². The van der Waals surface area contributed by atoms with Gasteiger partial charge < -0.3 is 15.5 Å². The van der Waals surface area contributed by atoms with Crippen LogP contribution >= 0.6 is 0 Å². The summed E-state index contributed by atoms with van der Waals surface area (Å²) in [5.74, 6) is 0.864. The molecule has 0 aliphatic rings. The summed E-state index contributed by atoms with van der Waals surface area (Å²) in [6.45, 7) is 0.824. The van der Waals surface area contributed by atoms with Gasteiger partial charge in [-0.3, -0.25) is 4.98 Å². The van der Waals surface area contributed by atoms with Crippen molar-refractivity contribution in [2.24, 2.45) is 0 Å². The van der Waals surface area contributed by atoms with E-state index in [1.807, 2.05) is 67.5 Å². The number of urea groups is 1. The van der Waals surface area contributed by atoms with Gasteiger partial charge in [-0.25, -0.2) is 9.78 Å². The van der Waals surface area contributed by atoms with E-state index in [4.69, 9.17) is 0 Å². The first-order chi connectivity index (χ1) is 12.1. The van der Waals surface area contributed by atoms with Crippen LogP contribution in [0.15, 0.2) is 54.7 Å². The van der Waals surface area contributed by atoms with Crippen LogP contribution in [-0.4, -0.2) is 30.1 Å². The summed E-state index contributed by atoms with van der Waals surface area (Å²) in [5, 5.41) is 6.77. The number of rotatable bonds is 5. The summed E-state index contributed by atoms with van der Waals surface area (Å²) < 4.78 is 0. The van der Waals surface area contributed by atoms with E-state index in [-0.39, 0.29) is 6.03 Å². The molecule has 0 unspecified atom stereocenters. The minimum Gasteiger partial charge on any atom is -0.363 e. The van der Waals surface area contributed by atoms with E-state index < -0.39 is 0 Å². The first kappa shape index (κ1) is 16.7. The Kier molecular flexibility index (Phi) is 5.09. The van der Waals surface area contributed by atoms with Crippen LogP contribution < -0.4 is 15.5 Å². The summed E-state index contributed by atoms with van der Waals surface area (Å²) in [4.78, 5) is 22.8. The molecular weight excluding hydrogens is 314 g/mol. The minimum absolute atomic E-state index is 0.224. The largest absolute Gasteiger partial charge is 0.363 e. The first-order valence-electron chi connectivity index (χ1n) is 8.11. The lowest BCUT2D eigenvalue weighted by atomic mass is 10.1. The molecule has 3 aromatic rings. The molecule has 2 heterocycles. The highest BCUT2D eigenvalue weighted by molar-refractivity contribution is 5.82. The third-order valence-corrected chi connectivity index (χ3v) is 3.86. The number of nitrogens with zero attached hydrogens (tertiary/aromatic N) is 3. The number of aromatic nitrogens is 2. The van der Waals surface area contributed by atoms with Crippen LogP contribution in [-0.2, 0) is 13.1 Å². The highest BCUT2D eigenvalue weighted by atomic mass is 16.2. The van der Waals surface area contributed by atoms with E-state index in [0.29, 0.717) is 13.1 Å². The third-order valence-electron chi connectivity index (χ3n) is 3.86. The van der Waals surface area contributed by atoms with Crippen LogP contribution in [0.25, 0.3) is 10.9 Å². The van der Waals surface area contributed by atoms with Gasteiger partial charge in [-0.2, -0.15) is 0 Å². The van der Waals surface area contributed by atoms with Crippen molar-refractivity contribution in [3.63, 3.8) is 0 Å². The predicted molar refractivity (Wildman–Crippen MR) is 99.4 cm³/mol. The van der Waals surface area contributed by atoms with Crippen molar-refractivity contribution in [3.05, 3.63) is 66.0 Å².